The summed E-state index contributed by atoms with van der Waals surface area (Å²) in [4.78, 5) is 15.9. The van der Waals surface area contributed by atoms with E-state index in [9.17, 15) is 4.79 Å². The summed E-state index contributed by atoms with van der Waals surface area (Å²) in [5.74, 6) is 0.726. The third kappa shape index (κ3) is 3.05. The van der Waals surface area contributed by atoms with E-state index in [0.29, 0.717) is 12.3 Å². The molecule has 0 saturated heterocycles. The average Bonchev–Trinajstić information content (AvgIpc) is 2.17. The number of hydrogen-bond acceptors (Lipinski definition) is 3. The van der Waals surface area contributed by atoms with Crippen molar-refractivity contribution >= 4 is 5.78 Å². The number of hydrogen-bond donors (Lipinski definition) is 0. The summed E-state index contributed by atoms with van der Waals surface area (Å²) in [6.45, 7) is 5.74. The van der Waals surface area contributed by atoms with E-state index >= 15 is 0 Å². The number of Topliss-reactive ketones (excluding diaryl/α,β-unsaturated/α-hetero) is 1. The van der Waals surface area contributed by atoms with Gasteiger partial charge in [0.05, 0.1) is 7.11 Å². The maximum absolute atomic E-state index is 11.8. The van der Waals surface area contributed by atoms with Crippen molar-refractivity contribution in [1.82, 2.24) is 4.98 Å². The summed E-state index contributed by atoms with van der Waals surface area (Å²) >= 11 is 0. The maximum Gasteiger partial charge on any atom is 0.216 e. The summed E-state index contributed by atoms with van der Waals surface area (Å²) < 4.78 is 5.10. The van der Waals surface area contributed by atoms with Gasteiger partial charge in [0.15, 0.2) is 0 Å². The van der Waals surface area contributed by atoms with Crippen LogP contribution in [0.2, 0.25) is 0 Å². The maximum atomic E-state index is 11.8. The summed E-state index contributed by atoms with van der Waals surface area (Å²) in [7, 11) is 1.56. The molecule has 3 nitrogen and oxygen atoms in total. The summed E-state index contributed by atoms with van der Waals surface area (Å²) in [6, 6.07) is 3.68. The Labute approximate surface area is 90.5 Å². The molecular weight excluding hydrogens is 190 g/mol. The highest BCUT2D eigenvalue weighted by Gasteiger charge is 2.22. The first-order chi connectivity index (χ1) is 6.95. The molecule has 15 heavy (non-hydrogen) atoms. The number of methoxy groups -OCH3 is 1. The van der Waals surface area contributed by atoms with Gasteiger partial charge in [-0.3, -0.25) is 4.79 Å². The van der Waals surface area contributed by atoms with Crippen molar-refractivity contribution in [2.24, 2.45) is 5.41 Å². The molecule has 0 aliphatic heterocycles. The predicted molar refractivity (Wildman–Crippen MR) is 59.0 cm³/mol. The molecule has 0 saturated carbocycles. The molecule has 0 aromatic carbocycles. The largest absolute Gasteiger partial charge is 0.481 e. The van der Waals surface area contributed by atoms with Crippen LogP contribution < -0.4 is 4.74 Å². The van der Waals surface area contributed by atoms with E-state index in [2.05, 4.69) is 4.98 Å². The van der Waals surface area contributed by atoms with Crippen LogP contribution in [0.4, 0.5) is 0 Å². The molecule has 1 heterocycles. The average molecular weight is 207 g/mol. The number of ether oxygens (including phenoxy) is 1. The van der Waals surface area contributed by atoms with E-state index in [4.69, 9.17) is 4.74 Å². The van der Waals surface area contributed by atoms with Crippen molar-refractivity contribution < 1.29 is 9.53 Å². The van der Waals surface area contributed by atoms with Crippen molar-refractivity contribution in [3.63, 3.8) is 0 Å². The summed E-state index contributed by atoms with van der Waals surface area (Å²) in [5.41, 5.74) is 0.529. The summed E-state index contributed by atoms with van der Waals surface area (Å²) in [5, 5.41) is 0. The Morgan fingerprint density at radius 2 is 2.13 bits per heavy atom. The molecule has 3 heteroatoms. The standard InChI is InChI=1S/C12H17NO2/c1-12(2,3)10(14)8-9-6-5-7-13-11(9)15-4/h5-7H,8H2,1-4H3. The number of rotatable bonds is 3. The van der Waals surface area contributed by atoms with Gasteiger partial charge in [0, 0.05) is 23.6 Å². The van der Waals surface area contributed by atoms with Gasteiger partial charge in [-0.15, -0.1) is 0 Å². The van der Waals surface area contributed by atoms with Crippen molar-refractivity contribution in [3.8, 4) is 5.88 Å². The second-order valence-electron chi connectivity index (χ2n) is 4.52. The number of ketones is 1. The minimum absolute atomic E-state index is 0.189. The fourth-order valence-electron chi connectivity index (χ4n) is 1.18. The Morgan fingerprint density at radius 1 is 1.47 bits per heavy atom. The monoisotopic (exact) mass is 207 g/mol. The zero-order valence-corrected chi connectivity index (χ0v) is 9.70. The number of nitrogens with zero attached hydrogens (tertiary/aromatic N) is 1. The van der Waals surface area contributed by atoms with E-state index in [1.807, 2.05) is 32.9 Å². The van der Waals surface area contributed by atoms with Crippen molar-refractivity contribution in [2.75, 3.05) is 7.11 Å². The van der Waals surface area contributed by atoms with Gasteiger partial charge < -0.3 is 4.74 Å². The highest BCUT2D eigenvalue weighted by molar-refractivity contribution is 5.86. The second kappa shape index (κ2) is 4.43. The first kappa shape index (κ1) is 11.7. The van der Waals surface area contributed by atoms with Gasteiger partial charge >= 0.3 is 0 Å². The van der Waals surface area contributed by atoms with Crippen LogP contribution >= 0.6 is 0 Å². The zero-order valence-electron chi connectivity index (χ0n) is 9.70. The summed E-state index contributed by atoms with van der Waals surface area (Å²) in [6.07, 6.45) is 2.03. The number of aromatic nitrogens is 1. The minimum Gasteiger partial charge on any atom is -0.481 e. The molecule has 0 aliphatic carbocycles. The van der Waals surface area contributed by atoms with Gasteiger partial charge in [-0.25, -0.2) is 4.98 Å². The lowest BCUT2D eigenvalue weighted by Gasteiger charge is -2.16. The SMILES string of the molecule is COc1ncccc1CC(=O)C(C)(C)C. The van der Waals surface area contributed by atoms with Gasteiger partial charge in [0.2, 0.25) is 5.88 Å². The molecule has 0 aliphatic rings. The van der Waals surface area contributed by atoms with Crippen molar-refractivity contribution in [3.05, 3.63) is 23.9 Å². The molecule has 0 N–H and O–H groups in total. The molecule has 0 atom stereocenters. The van der Waals surface area contributed by atoms with Gasteiger partial charge in [0.25, 0.3) is 0 Å². The molecular formula is C12H17NO2. The number of carbonyl (C=O) groups excluding carboxylic acids is 1. The van der Waals surface area contributed by atoms with Crippen molar-refractivity contribution in [2.45, 2.75) is 27.2 Å². The Morgan fingerprint density at radius 3 is 2.67 bits per heavy atom. The Kier molecular flexibility index (Phi) is 3.45. The van der Waals surface area contributed by atoms with E-state index < -0.39 is 0 Å². The lowest BCUT2D eigenvalue weighted by Crippen LogP contribution is -2.22. The fourth-order valence-corrected chi connectivity index (χ4v) is 1.18. The third-order valence-electron chi connectivity index (χ3n) is 2.23. The van der Waals surface area contributed by atoms with Gasteiger partial charge in [-0.2, -0.15) is 0 Å². The fraction of sp³-hybridized carbons (Fsp3) is 0.500. The highest BCUT2D eigenvalue weighted by Crippen LogP contribution is 2.21. The highest BCUT2D eigenvalue weighted by atomic mass is 16.5. The molecule has 1 aromatic rings. The second-order valence-corrected chi connectivity index (χ2v) is 4.52. The Balaban J connectivity index is 2.85. The predicted octanol–water partition coefficient (Wildman–Crippen LogP) is 2.25. The van der Waals surface area contributed by atoms with Crippen LogP contribution in [-0.2, 0) is 11.2 Å². The van der Waals surface area contributed by atoms with Gasteiger partial charge in [-0.1, -0.05) is 26.8 Å². The zero-order chi connectivity index (χ0) is 11.5. The number of pyridine rings is 1. The van der Waals surface area contributed by atoms with Crippen LogP contribution in [0.15, 0.2) is 18.3 Å². The molecule has 0 amide bonds. The topological polar surface area (TPSA) is 39.2 Å². The van der Waals surface area contributed by atoms with Crippen LogP contribution in [0, 0.1) is 5.41 Å². The Hall–Kier alpha value is -1.38. The van der Waals surface area contributed by atoms with E-state index in [1.54, 1.807) is 13.3 Å². The quantitative estimate of drug-likeness (QED) is 0.763. The van der Waals surface area contributed by atoms with Crippen LogP contribution in [0.25, 0.3) is 0 Å². The minimum atomic E-state index is -0.319. The van der Waals surface area contributed by atoms with Gasteiger partial charge in [0.1, 0.15) is 5.78 Å². The van der Waals surface area contributed by atoms with Crippen LogP contribution in [0.3, 0.4) is 0 Å². The van der Waals surface area contributed by atoms with Crippen LogP contribution in [0.5, 0.6) is 5.88 Å². The molecule has 1 aromatic heterocycles. The lowest BCUT2D eigenvalue weighted by molar-refractivity contribution is -0.125. The van der Waals surface area contributed by atoms with E-state index in [1.165, 1.54) is 0 Å². The van der Waals surface area contributed by atoms with Gasteiger partial charge in [-0.05, 0) is 6.07 Å². The molecule has 0 spiro atoms. The molecule has 0 radical (unpaired) electrons. The normalized spacial score (nSPS) is 11.2. The first-order valence-corrected chi connectivity index (χ1v) is 4.96. The smallest absolute Gasteiger partial charge is 0.216 e. The molecule has 1 rings (SSSR count). The van der Waals surface area contributed by atoms with Crippen LogP contribution in [0.1, 0.15) is 26.3 Å². The lowest BCUT2D eigenvalue weighted by atomic mass is 9.87. The molecule has 0 fully saturated rings. The molecule has 0 unspecified atom stereocenters. The number of carbonyl (C=O) groups is 1. The van der Waals surface area contributed by atoms with E-state index in [0.717, 1.165) is 5.56 Å². The molecule has 82 valence electrons. The first-order valence-electron chi connectivity index (χ1n) is 4.96. The van der Waals surface area contributed by atoms with E-state index in [-0.39, 0.29) is 11.2 Å². The molecule has 0 bridgehead atoms. The third-order valence-corrected chi connectivity index (χ3v) is 2.23. The van der Waals surface area contributed by atoms with Crippen LogP contribution in [-0.4, -0.2) is 17.9 Å². The van der Waals surface area contributed by atoms with Crippen molar-refractivity contribution in [1.29, 1.82) is 0 Å². The Bertz CT molecular complexity index is 353.